The SMILES string of the molecule is CNCCC(C=O)(CO)NC(=O)c1c2cc(OC/C(SC)=C(\C)NC)ccc2nn1C. The molecular weight excluding hydrogens is 418 g/mol. The third-order valence-electron chi connectivity index (χ3n) is 5.12. The van der Waals surface area contributed by atoms with E-state index >= 15 is 0 Å². The molecule has 31 heavy (non-hydrogen) atoms. The number of aliphatic hydroxyl groups excluding tert-OH is 1. The van der Waals surface area contributed by atoms with Crippen molar-refractivity contribution in [3.8, 4) is 5.75 Å². The van der Waals surface area contributed by atoms with Gasteiger partial charge in [-0.1, -0.05) is 0 Å². The Labute approximate surface area is 186 Å². The van der Waals surface area contributed by atoms with Crippen LogP contribution in [0.1, 0.15) is 23.8 Å². The van der Waals surface area contributed by atoms with Crippen LogP contribution in [-0.4, -0.2) is 72.7 Å². The fourth-order valence-electron chi connectivity index (χ4n) is 3.09. The molecule has 0 radical (unpaired) electrons. The summed E-state index contributed by atoms with van der Waals surface area (Å²) in [7, 11) is 5.26. The molecule has 0 saturated heterocycles. The van der Waals surface area contributed by atoms with Gasteiger partial charge in [0, 0.05) is 30.1 Å². The molecule has 1 amide bonds. The number of benzene rings is 1. The minimum Gasteiger partial charge on any atom is -0.488 e. The maximum Gasteiger partial charge on any atom is 0.271 e. The molecule has 1 heterocycles. The summed E-state index contributed by atoms with van der Waals surface area (Å²) < 4.78 is 7.40. The molecule has 4 N–H and O–H groups in total. The Bertz CT molecular complexity index is 959. The number of aryl methyl sites for hydroxylation is 1. The zero-order valence-electron chi connectivity index (χ0n) is 18.6. The topological polar surface area (TPSA) is 118 Å². The second kappa shape index (κ2) is 11.2. The van der Waals surface area contributed by atoms with Crippen LogP contribution < -0.4 is 20.7 Å². The third-order valence-corrected chi connectivity index (χ3v) is 6.04. The number of ether oxygens (including phenoxy) is 1. The van der Waals surface area contributed by atoms with Gasteiger partial charge in [-0.2, -0.15) is 5.10 Å². The molecule has 0 aliphatic rings. The fourth-order valence-corrected chi connectivity index (χ4v) is 3.67. The molecule has 9 nitrogen and oxygen atoms in total. The Kier molecular flexibility index (Phi) is 8.90. The lowest BCUT2D eigenvalue weighted by atomic mass is 9.97. The highest BCUT2D eigenvalue weighted by molar-refractivity contribution is 8.02. The van der Waals surface area contributed by atoms with E-state index in [1.54, 1.807) is 44.1 Å². The highest BCUT2D eigenvalue weighted by Gasteiger charge is 2.32. The van der Waals surface area contributed by atoms with Crippen LogP contribution >= 0.6 is 11.8 Å². The predicted octanol–water partition coefficient (Wildman–Crippen LogP) is 1.04. The number of aldehydes is 1. The maximum atomic E-state index is 13.1. The molecule has 1 aromatic carbocycles. The number of thioether (sulfide) groups is 1. The van der Waals surface area contributed by atoms with Crippen LogP contribution in [0.5, 0.6) is 5.75 Å². The molecule has 2 rings (SSSR count). The normalized spacial score (nSPS) is 14.0. The summed E-state index contributed by atoms with van der Waals surface area (Å²) in [5, 5.41) is 23.5. The number of carbonyl (C=O) groups excluding carboxylic acids is 2. The number of nitrogens with one attached hydrogen (secondary N) is 3. The van der Waals surface area contributed by atoms with E-state index < -0.39 is 18.1 Å². The van der Waals surface area contributed by atoms with Gasteiger partial charge in [0.25, 0.3) is 5.91 Å². The van der Waals surface area contributed by atoms with Crippen LogP contribution in [0.4, 0.5) is 0 Å². The Balaban J connectivity index is 2.33. The maximum absolute atomic E-state index is 13.1. The molecule has 0 bridgehead atoms. The van der Waals surface area contributed by atoms with E-state index in [4.69, 9.17) is 4.74 Å². The highest BCUT2D eigenvalue weighted by atomic mass is 32.2. The molecule has 0 spiro atoms. The highest BCUT2D eigenvalue weighted by Crippen LogP contribution is 2.25. The number of rotatable bonds is 12. The first-order chi connectivity index (χ1) is 14.8. The van der Waals surface area contributed by atoms with Crippen LogP contribution in [0.3, 0.4) is 0 Å². The molecule has 0 fully saturated rings. The number of hydrogen-bond acceptors (Lipinski definition) is 8. The monoisotopic (exact) mass is 449 g/mol. The zero-order valence-corrected chi connectivity index (χ0v) is 19.4. The van der Waals surface area contributed by atoms with Crippen molar-refractivity contribution < 1.29 is 19.4 Å². The summed E-state index contributed by atoms with van der Waals surface area (Å²) in [6.45, 7) is 2.34. The quantitative estimate of drug-likeness (QED) is 0.355. The average molecular weight is 450 g/mol. The van der Waals surface area contributed by atoms with Gasteiger partial charge < -0.3 is 30.6 Å². The van der Waals surface area contributed by atoms with Gasteiger partial charge in [0.15, 0.2) is 0 Å². The fraction of sp³-hybridized carbons (Fsp3) is 0.476. The number of aliphatic hydroxyl groups is 1. The summed E-state index contributed by atoms with van der Waals surface area (Å²) in [6.07, 6.45) is 2.82. The van der Waals surface area contributed by atoms with Crippen molar-refractivity contribution >= 4 is 34.9 Å². The van der Waals surface area contributed by atoms with E-state index in [0.29, 0.717) is 36.1 Å². The lowest BCUT2D eigenvalue weighted by Gasteiger charge is -2.27. The average Bonchev–Trinajstić information content (AvgIpc) is 3.11. The molecule has 10 heteroatoms. The summed E-state index contributed by atoms with van der Waals surface area (Å²) in [4.78, 5) is 25.8. The van der Waals surface area contributed by atoms with Gasteiger partial charge in [-0.3, -0.25) is 9.48 Å². The number of fused-ring (bicyclic) bond motifs is 1. The van der Waals surface area contributed by atoms with Gasteiger partial charge >= 0.3 is 0 Å². The van der Waals surface area contributed by atoms with Crippen molar-refractivity contribution in [2.75, 3.05) is 40.1 Å². The van der Waals surface area contributed by atoms with Crippen molar-refractivity contribution in [3.05, 3.63) is 34.5 Å². The Morgan fingerprint density at radius 1 is 1.39 bits per heavy atom. The van der Waals surface area contributed by atoms with Crippen LogP contribution in [0, 0.1) is 0 Å². The largest absolute Gasteiger partial charge is 0.488 e. The molecule has 170 valence electrons. The van der Waals surface area contributed by atoms with E-state index in [9.17, 15) is 14.7 Å². The van der Waals surface area contributed by atoms with Gasteiger partial charge in [-0.25, -0.2) is 0 Å². The van der Waals surface area contributed by atoms with Crippen molar-refractivity contribution in [1.29, 1.82) is 0 Å². The van der Waals surface area contributed by atoms with Crippen molar-refractivity contribution in [1.82, 2.24) is 25.7 Å². The first-order valence-corrected chi connectivity index (χ1v) is 11.1. The van der Waals surface area contributed by atoms with Gasteiger partial charge in [-0.05, 0) is 51.4 Å². The molecule has 2 aromatic rings. The van der Waals surface area contributed by atoms with Gasteiger partial charge in [0.05, 0.1) is 12.1 Å². The van der Waals surface area contributed by atoms with Crippen LogP contribution in [0.25, 0.3) is 10.9 Å². The summed E-state index contributed by atoms with van der Waals surface area (Å²) in [6, 6.07) is 5.36. The van der Waals surface area contributed by atoms with E-state index in [2.05, 4.69) is 21.0 Å². The van der Waals surface area contributed by atoms with Crippen LogP contribution in [0.2, 0.25) is 0 Å². The first-order valence-electron chi connectivity index (χ1n) is 9.90. The minimum atomic E-state index is -1.37. The van der Waals surface area contributed by atoms with Crippen LogP contribution in [-0.2, 0) is 11.8 Å². The lowest BCUT2D eigenvalue weighted by molar-refractivity contribution is -0.114. The van der Waals surface area contributed by atoms with Crippen LogP contribution in [0.15, 0.2) is 28.8 Å². The molecule has 1 aromatic heterocycles. The Hall–Kier alpha value is -2.56. The zero-order chi connectivity index (χ0) is 23.0. The predicted molar refractivity (Wildman–Crippen MR) is 123 cm³/mol. The molecule has 0 aliphatic carbocycles. The molecular formula is C21H31N5O4S. The van der Waals surface area contributed by atoms with Gasteiger partial charge in [0.2, 0.25) is 0 Å². The number of allylic oxidation sites excluding steroid dienone is 1. The number of hydrogen-bond donors (Lipinski definition) is 4. The van der Waals surface area contributed by atoms with Gasteiger partial charge in [-0.15, -0.1) is 11.8 Å². The number of amides is 1. The molecule has 1 unspecified atom stereocenters. The van der Waals surface area contributed by atoms with E-state index in [1.165, 1.54) is 4.68 Å². The van der Waals surface area contributed by atoms with E-state index in [1.807, 2.05) is 20.2 Å². The number of carbonyl (C=O) groups is 2. The molecule has 0 aliphatic heterocycles. The Morgan fingerprint density at radius 3 is 2.71 bits per heavy atom. The molecule has 0 saturated carbocycles. The van der Waals surface area contributed by atoms with Crippen molar-refractivity contribution in [3.63, 3.8) is 0 Å². The standard InChI is InChI=1S/C21H31N5O4S/c1-14(23-3)18(31-5)11-30-15-6-7-17-16(10-15)19(26(4)25-17)20(29)24-21(12-27,13-28)8-9-22-2/h6-7,10,12,22-23,28H,8-9,11,13H2,1-5H3,(H,24,29)/b18-14-. The molecule has 1 atom stereocenters. The smallest absolute Gasteiger partial charge is 0.271 e. The van der Waals surface area contributed by atoms with Crippen molar-refractivity contribution in [2.45, 2.75) is 18.9 Å². The summed E-state index contributed by atoms with van der Waals surface area (Å²) >= 11 is 1.61. The van der Waals surface area contributed by atoms with Gasteiger partial charge in [0.1, 0.15) is 29.9 Å². The summed E-state index contributed by atoms with van der Waals surface area (Å²) in [5.41, 5.74) is 0.582. The summed E-state index contributed by atoms with van der Waals surface area (Å²) in [5.74, 6) is 0.110. The second-order valence-electron chi connectivity index (χ2n) is 7.18. The third kappa shape index (κ3) is 5.78. The second-order valence-corrected chi connectivity index (χ2v) is 8.08. The first kappa shape index (κ1) is 24.7. The lowest BCUT2D eigenvalue weighted by Crippen LogP contribution is -2.54. The number of aromatic nitrogens is 2. The minimum absolute atomic E-state index is 0.258. The van der Waals surface area contributed by atoms with E-state index in [-0.39, 0.29) is 12.1 Å². The Morgan fingerprint density at radius 2 is 2.13 bits per heavy atom. The number of nitrogens with zero attached hydrogens (tertiary/aromatic N) is 2. The van der Waals surface area contributed by atoms with E-state index in [0.717, 1.165) is 10.6 Å². The van der Waals surface area contributed by atoms with Crippen molar-refractivity contribution in [2.24, 2.45) is 7.05 Å².